The first-order valence-corrected chi connectivity index (χ1v) is 9.25. The van der Waals surface area contributed by atoms with Gasteiger partial charge in [-0.1, -0.05) is 18.1 Å². The van der Waals surface area contributed by atoms with Crippen LogP contribution in [0.1, 0.15) is 5.56 Å². The molecular weight excluding hydrogens is 395 g/mol. The van der Waals surface area contributed by atoms with Gasteiger partial charge in [-0.05, 0) is 59.8 Å². The summed E-state index contributed by atoms with van der Waals surface area (Å²) >= 11 is 0.756. The highest BCUT2D eigenvalue weighted by atomic mass is 32.2. The summed E-state index contributed by atoms with van der Waals surface area (Å²) in [6.07, 6.45) is 6.70. The number of nitrogens with zero attached hydrogens (tertiary/aromatic N) is 1. The quantitative estimate of drug-likeness (QED) is 0.583. The third kappa shape index (κ3) is 5.24. The number of carbonyl (C=O) groups excluding carboxylic acids is 3. The van der Waals surface area contributed by atoms with Crippen molar-refractivity contribution in [3.05, 3.63) is 64.8 Å². The van der Waals surface area contributed by atoms with E-state index in [0.29, 0.717) is 17.0 Å². The lowest BCUT2D eigenvalue weighted by atomic mass is 10.2. The van der Waals surface area contributed by atoms with Gasteiger partial charge in [0.15, 0.2) is 0 Å². The molecule has 0 radical (unpaired) electrons. The van der Waals surface area contributed by atoms with Gasteiger partial charge in [0.05, 0.1) is 4.91 Å². The number of imide groups is 1. The Labute approximate surface area is 170 Å². The molecule has 2 aromatic rings. The van der Waals surface area contributed by atoms with Crippen molar-refractivity contribution in [2.24, 2.45) is 0 Å². The Kier molecular flexibility index (Phi) is 6.32. The largest absolute Gasteiger partial charge is 0.481 e. The molecule has 1 heterocycles. The van der Waals surface area contributed by atoms with Crippen LogP contribution >= 0.6 is 11.8 Å². The highest BCUT2D eigenvalue weighted by molar-refractivity contribution is 8.18. The maximum Gasteiger partial charge on any atom is 0.294 e. The number of halogens is 1. The van der Waals surface area contributed by atoms with E-state index in [1.165, 1.54) is 24.3 Å². The molecule has 1 saturated heterocycles. The Morgan fingerprint density at radius 3 is 2.52 bits per heavy atom. The first kappa shape index (κ1) is 20.2. The number of hydrogen-bond donors (Lipinski definition) is 1. The van der Waals surface area contributed by atoms with Crippen molar-refractivity contribution >= 4 is 40.6 Å². The topological polar surface area (TPSA) is 75.7 Å². The van der Waals surface area contributed by atoms with Crippen molar-refractivity contribution in [2.45, 2.75) is 0 Å². The maximum absolute atomic E-state index is 12.9. The van der Waals surface area contributed by atoms with Gasteiger partial charge >= 0.3 is 0 Å². The molecule has 29 heavy (non-hydrogen) atoms. The Morgan fingerprint density at radius 1 is 1.17 bits per heavy atom. The minimum absolute atomic E-state index is 0.151. The van der Waals surface area contributed by atoms with Crippen LogP contribution < -0.4 is 10.1 Å². The average molecular weight is 410 g/mol. The molecule has 0 aliphatic carbocycles. The number of nitrogens with one attached hydrogen (secondary N) is 1. The van der Waals surface area contributed by atoms with Crippen LogP contribution in [0.2, 0.25) is 0 Å². The zero-order valence-electron chi connectivity index (χ0n) is 15.1. The van der Waals surface area contributed by atoms with E-state index in [2.05, 4.69) is 11.2 Å². The van der Waals surface area contributed by atoms with E-state index in [1.54, 1.807) is 30.3 Å². The highest BCUT2D eigenvalue weighted by Crippen LogP contribution is 2.32. The van der Waals surface area contributed by atoms with Crippen molar-refractivity contribution in [1.82, 2.24) is 4.90 Å². The number of terminal acetylenes is 1. The summed E-state index contributed by atoms with van der Waals surface area (Å²) in [5, 5.41) is 1.98. The maximum atomic E-state index is 12.9. The standard InChI is InChI=1S/C21H15FN2O4S/c1-2-11-28-17-9-3-14(4-10-17)12-18-20(26)24(21(27)29-18)13-19(25)23-16-7-5-15(22)6-8-16/h1,3-10,12H,11,13H2,(H,23,25)/b18-12-. The second-order valence-electron chi connectivity index (χ2n) is 5.88. The van der Waals surface area contributed by atoms with Crippen LogP contribution in [-0.2, 0) is 9.59 Å². The second kappa shape index (κ2) is 9.08. The van der Waals surface area contributed by atoms with Crippen molar-refractivity contribution in [3.8, 4) is 18.1 Å². The normalized spacial score (nSPS) is 14.8. The molecule has 6 nitrogen and oxygen atoms in total. The smallest absolute Gasteiger partial charge is 0.294 e. The van der Waals surface area contributed by atoms with Crippen LogP contribution in [0.5, 0.6) is 5.75 Å². The molecule has 0 spiro atoms. The lowest BCUT2D eigenvalue weighted by Crippen LogP contribution is -2.36. The summed E-state index contributed by atoms with van der Waals surface area (Å²) in [6.45, 7) is -0.281. The summed E-state index contributed by atoms with van der Waals surface area (Å²) < 4.78 is 18.2. The molecule has 1 aliphatic heterocycles. The Balaban J connectivity index is 1.64. The fourth-order valence-electron chi connectivity index (χ4n) is 2.45. The van der Waals surface area contributed by atoms with Gasteiger partial charge in [-0.15, -0.1) is 6.42 Å². The minimum atomic E-state index is -0.560. The lowest BCUT2D eigenvalue weighted by Gasteiger charge is -2.12. The summed E-state index contributed by atoms with van der Waals surface area (Å²) in [5.41, 5.74) is 1.06. The molecule has 3 rings (SSSR count). The number of ether oxygens (including phenoxy) is 1. The first-order valence-electron chi connectivity index (χ1n) is 8.43. The van der Waals surface area contributed by atoms with Crippen LogP contribution in [0.4, 0.5) is 14.9 Å². The fraction of sp³-hybridized carbons (Fsp3) is 0.0952. The Bertz CT molecular complexity index is 1010. The van der Waals surface area contributed by atoms with Crippen molar-refractivity contribution in [1.29, 1.82) is 0 Å². The minimum Gasteiger partial charge on any atom is -0.481 e. The predicted octanol–water partition coefficient (Wildman–Crippen LogP) is 3.51. The molecule has 1 fully saturated rings. The van der Waals surface area contributed by atoms with E-state index >= 15 is 0 Å². The molecule has 0 bridgehead atoms. The summed E-state index contributed by atoms with van der Waals surface area (Å²) in [4.78, 5) is 37.8. The number of carbonyl (C=O) groups is 3. The van der Waals surface area contributed by atoms with Crippen molar-refractivity contribution in [2.75, 3.05) is 18.5 Å². The van der Waals surface area contributed by atoms with E-state index < -0.39 is 29.4 Å². The van der Waals surface area contributed by atoms with Crippen LogP contribution in [0.15, 0.2) is 53.4 Å². The van der Waals surface area contributed by atoms with E-state index in [0.717, 1.165) is 16.7 Å². The molecule has 8 heteroatoms. The van der Waals surface area contributed by atoms with Crippen LogP contribution in [0.3, 0.4) is 0 Å². The van der Waals surface area contributed by atoms with Gasteiger partial charge in [0, 0.05) is 5.69 Å². The summed E-state index contributed by atoms with van der Waals surface area (Å²) in [7, 11) is 0. The number of hydrogen-bond acceptors (Lipinski definition) is 5. The third-order valence-corrected chi connectivity index (χ3v) is 4.71. The van der Waals surface area contributed by atoms with E-state index in [-0.39, 0.29) is 11.5 Å². The molecule has 2 aromatic carbocycles. The van der Waals surface area contributed by atoms with Gasteiger partial charge in [0.25, 0.3) is 11.1 Å². The van der Waals surface area contributed by atoms with Gasteiger partial charge in [-0.25, -0.2) is 4.39 Å². The average Bonchev–Trinajstić information content (AvgIpc) is 2.96. The van der Waals surface area contributed by atoms with Crippen LogP contribution in [-0.4, -0.2) is 35.1 Å². The Hall–Kier alpha value is -3.57. The van der Waals surface area contributed by atoms with Gasteiger partial charge in [-0.2, -0.15) is 0 Å². The number of amides is 3. The van der Waals surface area contributed by atoms with Crippen molar-refractivity contribution < 1.29 is 23.5 Å². The molecule has 0 unspecified atom stereocenters. The molecule has 0 aromatic heterocycles. The molecule has 1 aliphatic rings. The fourth-order valence-corrected chi connectivity index (χ4v) is 3.29. The third-order valence-electron chi connectivity index (χ3n) is 3.80. The molecule has 146 valence electrons. The van der Waals surface area contributed by atoms with Gasteiger partial charge < -0.3 is 10.1 Å². The Morgan fingerprint density at radius 2 is 1.86 bits per heavy atom. The predicted molar refractivity (Wildman–Crippen MR) is 108 cm³/mol. The molecule has 1 N–H and O–H groups in total. The lowest BCUT2D eigenvalue weighted by molar-refractivity contribution is -0.127. The van der Waals surface area contributed by atoms with Gasteiger partial charge in [0.2, 0.25) is 5.91 Å². The number of thioether (sulfide) groups is 1. The van der Waals surface area contributed by atoms with Gasteiger partial charge in [-0.3, -0.25) is 19.3 Å². The van der Waals surface area contributed by atoms with Crippen molar-refractivity contribution in [3.63, 3.8) is 0 Å². The molecule has 3 amide bonds. The molecule has 0 atom stereocenters. The molecule has 0 saturated carbocycles. The van der Waals surface area contributed by atoms with E-state index in [1.807, 2.05) is 0 Å². The molecular formula is C21H15FN2O4S. The number of benzene rings is 2. The zero-order valence-corrected chi connectivity index (χ0v) is 15.9. The highest BCUT2D eigenvalue weighted by Gasteiger charge is 2.36. The number of rotatable bonds is 6. The SMILES string of the molecule is C#CCOc1ccc(/C=C2\SC(=O)N(CC(=O)Nc3ccc(F)cc3)C2=O)cc1. The monoisotopic (exact) mass is 410 g/mol. The van der Waals surface area contributed by atoms with Gasteiger partial charge in [0.1, 0.15) is 24.7 Å². The van der Waals surface area contributed by atoms with Crippen LogP contribution in [0.25, 0.3) is 6.08 Å². The van der Waals surface area contributed by atoms with E-state index in [4.69, 9.17) is 11.2 Å². The summed E-state index contributed by atoms with van der Waals surface area (Å²) in [5.74, 6) is 1.40. The second-order valence-corrected chi connectivity index (χ2v) is 6.88. The van der Waals surface area contributed by atoms with Crippen LogP contribution in [0, 0.1) is 18.2 Å². The first-order chi connectivity index (χ1) is 14.0. The number of anilines is 1. The summed E-state index contributed by atoms with van der Waals surface area (Å²) in [6, 6.07) is 12.0. The zero-order chi connectivity index (χ0) is 20.8. The van der Waals surface area contributed by atoms with E-state index in [9.17, 15) is 18.8 Å².